The Hall–Kier alpha value is -3.37. The van der Waals surface area contributed by atoms with E-state index in [-0.39, 0.29) is 23.7 Å². The summed E-state index contributed by atoms with van der Waals surface area (Å²) in [6, 6.07) is 8.35. The van der Waals surface area contributed by atoms with E-state index < -0.39 is 22.8 Å². The average molecular weight is 522 g/mol. The van der Waals surface area contributed by atoms with Gasteiger partial charge in [0, 0.05) is 51.4 Å². The summed E-state index contributed by atoms with van der Waals surface area (Å²) in [7, 11) is 0. The van der Waals surface area contributed by atoms with Crippen LogP contribution in [0.3, 0.4) is 0 Å². The predicted molar refractivity (Wildman–Crippen MR) is 133 cm³/mol. The summed E-state index contributed by atoms with van der Waals surface area (Å²) in [4.78, 5) is 51.6. The number of anilines is 1. The highest BCUT2D eigenvalue weighted by Crippen LogP contribution is 2.27. The van der Waals surface area contributed by atoms with Gasteiger partial charge >= 0.3 is 0 Å². The summed E-state index contributed by atoms with van der Waals surface area (Å²) < 4.78 is 0. The van der Waals surface area contributed by atoms with Crippen LogP contribution in [0.5, 0.6) is 0 Å². The first kappa shape index (κ1) is 26.2. The van der Waals surface area contributed by atoms with E-state index in [0.29, 0.717) is 47.5 Å². The van der Waals surface area contributed by atoms with E-state index in [9.17, 15) is 24.5 Å². The summed E-state index contributed by atoms with van der Waals surface area (Å²) in [5, 5.41) is 17.4. The highest BCUT2D eigenvalue weighted by Gasteiger charge is 2.26. The lowest BCUT2D eigenvalue weighted by atomic mass is 10.1. The molecule has 3 amide bonds. The van der Waals surface area contributed by atoms with Crippen molar-refractivity contribution in [1.29, 1.82) is 0 Å². The van der Waals surface area contributed by atoms with Crippen LogP contribution in [0.15, 0.2) is 36.4 Å². The van der Waals surface area contributed by atoms with Gasteiger partial charge in [0.1, 0.15) is 11.6 Å². The molecule has 35 heavy (non-hydrogen) atoms. The molecule has 1 saturated heterocycles. The number of nitrogens with one attached hydrogen (secondary N) is 2. The quantitative estimate of drug-likeness (QED) is 0.426. The van der Waals surface area contributed by atoms with Gasteiger partial charge in [0.2, 0.25) is 11.8 Å². The number of nitro benzene ring substituents is 1. The maximum absolute atomic E-state index is 12.9. The zero-order valence-electron chi connectivity index (χ0n) is 19.2. The molecule has 1 atom stereocenters. The number of carbonyl (C=O) groups excluding carboxylic acids is 3. The average Bonchev–Trinajstić information content (AvgIpc) is 2.84. The van der Waals surface area contributed by atoms with Gasteiger partial charge in [-0.2, -0.15) is 0 Å². The van der Waals surface area contributed by atoms with Crippen LogP contribution in [0, 0.1) is 10.1 Å². The molecule has 0 saturated carbocycles. The molecule has 0 radical (unpaired) electrons. The largest absolute Gasteiger partial charge is 0.368 e. The van der Waals surface area contributed by atoms with Crippen LogP contribution >= 0.6 is 23.2 Å². The van der Waals surface area contributed by atoms with Crippen molar-refractivity contribution in [3.63, 3.8) is 0 Å². The summed E-state index contributed by atoms with van der Waals surface area (Å²) in [5.74, 6) is -1.25. The molecule has 2 N–H and O–H groups in total. The van der Waals surface area contributed by atoms with Crippen LogP contribution in [-0.4, -0.2) is 59.8 Å². The molecule has 1 fully saturated rings. The van der Waals surface area contributed by atoms with Crippen LogP contribution in [0.2, 0.25) is 10.0 Å². The lowest BCUT2D eigenvalue weighted by molar-refractivity contribution is -0.385. The lowest BCUT2D eigenvalue weighted by Crippen LogP contribution is -2.48. The van der Waals surface area contributed by atoms with Crippen LogP contribution in [0.4, 0.5) is 11.4 Å². The molecule has 0 spiro atoms. The van der Waals surface area contributed by atoms with Gasteiger partial charge in [-0.05, 0) is 30.7 Å². The monoisotopic (exact) mass is 521 g/mol. The minimum atomic E-state index is -0.970. The van der Waals surface area contributed by atoms with Crippen molar-refractivity contribution in [2.24, 2.45) is 0 Å². The Morgan fingerprint density at radius 3 is 2.43 bits per heavy atom. The first-order valence-electron chi connectivity index (χ1n) is 10.9. The normalized spacial score (nSPS) is 14.3. The summed E-state index contributed by atoms with van der Waals surface area (Å²) in [6.07, 6.45) is 0. The van der Waals surface area contributed by atoms with E-state index in [2.05, 4.69) is 10.6 Å². The molecule has 3 rings (SSSR count). The zero-order chi connectivity index (χ0) is 25.7. The van der Waals surface area contributed by atoms with Gasteiger partial charge < -0.3 is 20.4 Å². The van der Waals surface area contributed by atoms with E-state index in [1.807, 2.05) is 4.90 Å². The van der Waals surface area contributed by atoms with Gasteiger partial charge in [-0.3, -0.25) is 24.5 Å². The van der Waals surface area contributed by atoms with Crippen molar-refractivity contribution in [3.05, 3.63) is 67.7 Å². The first-order valence-corrected chi connectivity index (χ1v) is 11.6. The van der Waals surface area contributed by atoms with E-state index in [1.54, 1.807) is 29.2 Å². The lowest BCUT2D eigenvalue weighted by Gasteiger charge is -2.35. The third kappa shape index (κ3) is 6.40. The SMILES string of the molecule is CC(=O)N1CCN(c2ccc([N+](=O)[O-])c(C(=O)NC(C)C(=O)NCc3cccc(Cl)c3Cl)c2)CC1. The Bertz CT molecular complexity index is 1150. The number of amides is 3. The van der Waals surface area contributed by atoms with Crippen molar-refractivity contribution >= 4 is 52.3 Å². The number of nitrogens with zero attached hydrogens (tertiary/aromatic N) is 3. The number of hydrogen-bond acceptors (Lipinski definition) is 6. The number of benzene rings is 2. The Labute approximate surface area is 212 Å². The van der Waals surface area contributed by atoms with Crippen molar-refractivity contribution in [2.75, 3.05) is 31.1 Å². The minimum Gasteiger partial charge on any atom is -0.368 e. The van der Waals surface area contributed by atoms with Crippen molar-refractivity contribution in [2.45, 2.75) is 26.4 Å². The molecule has 10 nitrogen and oxygen atoms in total. The zero-order valence-corrected chi connectivity index (χ0v) is 20.7. The maximum Gasteiger partial charge on any atom is 0.282 e. The number of piperazine rings is 1. The van der Waals surface area contributed by atoms with E-state index >= 15 is 0 Å². The van der Waals surface area contributed by atoms with Crippen LogP contribution in [0.25, 0.3) is 0 Å². The molecular formula is C23H25Cl2N5O5. The standard InChI is InChI=1S/C23H25Cl2N5O5/c1-14(22(32)26-13-16-4-3-5-19(24)21(16)25)27-23(33)18-12-17(6-7-20(18)30(34)35)29-10-8-28(9-11-29)15(2)31/h3-7,12,14H,8-11,13H2,1-2H3,(H,26,32)(H,27,33). The third-order valence-electron chi connectivity index (χ3n) is 5.74. The van der Waals surface area contributed by atoms with Crippen molar-refractivity contribution in [3.8, 4) is 0 Å². The number of nitro groups is 1. The molecule has 1 heterocycles. The van der Waals surface area contributed by atoms with Crippen LogP contribution < -0.4 is 15.5 Å². The van der Waals surface area contributed by atoms with Crippen molar-refractivity contribution in [1.82, 2.24) is 15.5 Å². The second kappa shape index (κ2) is 11.4. The summed E-state index contributed by atoms with van der Waals surface area (Å²) in [6.45, 7) is 5.17. The van der Waals surface area contributed by atoms with Gasteiger partial charge in [0.15, 0.2) is 0 Å². The summed E-state index contributed by atoms with van der Waals surface area (Å²) >= 11 is 12.1. The number of rotatable bonds is 7. The highest BCUT2D eigenvalue weighted by molar-refractivity contribution is 6.42. The highest BCUT2D eigenvalue weighted by atomic mass is 35.5. The van der Waals surface area contributed by atoms with Crippen molar-refractivity contribution < 1.29 is 19.3 Å². The number of hydrogen-bond donors (Lipinski definition) is 2. The molecule has 12 heteroatoms. The predicted octanol–water partition coefficient (Wildman–Crippen LogP) is 3.00. The topological polar surface area (TPSA) is 125 Å². The van der Waals surface area contributed by atoms with Gasteiger partial charge in [-0.25, -0.2) is 0 Å². The Morgan fingerprint density at radius 2 is 1.80 bits per heavy atom. The van der Waals surface area contributed by atoms with E-state index in [1.165, 1.54) is 26.0 Å². The van der Waals surface area contributed by atoms with Gasteiger partial charge in [-0.1, -0.05) is 35.3 Å². The molecule has 0 aliphatic carbocycles. The van der Waals surface area contributed by atoms with Gasteiger partial charge in [0.25, 0.3) is 11.6 Å². The first-order chi connectivity index (χ1) is 16.6. The summed E-state index contributed by atoms with van der Waals surface area (Å²) in [5.41, 5.74) is 0.710. The molecular weight excluding hydrogens is 497 g/mol. The second-order valence-electron chi connectivity index (χ2n) is 8.08. The maximum atomic E-state index is 12.9. The van der Waals surface area contributed by atoms with Crippen LogP contribution in [0.1, 0.15) is 29.8 Å². The molecule has 1 aliphatic rings. The third-order valence-corrected chi connectivity index (χ3v) is 6.60. The number of carbonyl (C=O) groups is 3. The molecule has 0 aromatic heterocycles. The van der Waals surface area contributed by atoms with E-state index in [4.69, 9.17) is 23.2 Å². The molecule has 2 aromatic carbocycles. The molecule has 186 valence electrons. The van der Waals surface area contributed by atoms with E-state index in [0.717, 1.165) is 0 Å². The van der Waals surface area contributed by atoms with Crippen LogP contribution in [-0.2, 0) is 16.1 Å². The molecule has 0 bridgehead atoms. The molecule has 2 aromatic rings. The Balaban J connectivity index is 1.69. The fraction of sp³-hybridized carbons (Fsp3) is 0.348. The number of halogens is 2. The van der Waals surface area contributed by atoms with Gasteiger partial charge in [0.05, 0.1) is 15.0 Å². The minimum absolute atomic E-state index is 0.0155. The Morgan fingerprint density at radius 1 is 1.11 bits per heavy atom. The fourth-order valence-electron chi connectivity index (χ4n) is 3.70. The van der Waals surface area contributed by atoms with Gasteiger partial charge in [-0.15, -0.1) is 0 Å². The fourth-order valence-corrected chi connectivity index (χ4v) is 4.09. The molecule has 1 unspecified atom stereocenters. The smallest absolute Gasteiger partial charge is 0.282 e. The second-order valence-corrected chi connectivity index (χ2v) is 8.86. The molecule has 1 aliphatic heterocycles. The Kier molecular flexibility index (Phi) is 8.52.